The van der Waals surface area contributed by atoms with Crippen LogP contribution in [0.5, 0.6) is 0 Å². The van der Waals surface area contributed by atoms with Crippen LogP contribution in [0.4, 0.5) is 0 Å². The molecule has 0 bridgehead atoms. The summed E-state index contributed by atoms with van der Waals surface area (Å²) in [4.78, 5) is 0. The van der Waals surface area contributed by atoms with E-state index in [2.05, 4.69) is 6.55 Å². The van der Waals surface area contributed by atoms with Gasteiger partial charge in [0.1, 0.15) is 0 Å². The standard InChI is InChI=1S/CH6Si.CH3.Cl4Si.ClH.3Li.H18Si8.2H12Si5.H/c1-2;;1-5(2,3)4;;;;;1-7(2,3)8(4,5)6;2*1-5(2,3)4;/h1-2H3;1H3;;1H;;;;1-6H3;2*1-4H3;/q;-1;;;3*+1;;;;-1/p-1. The van der Waals surface area contributed by atoms with Gasteiger partial charge in [-0.2, -0.15) is 0 Å². The normalized spacial score (nSPS) is 17.9. The molecule has 178 valence electrons. The van der Waals surface area contributed by atoms with E-state index in [0.29, 0.717) is 0 Å². The quantitative estimate of drug-likeness (QED) is 0.140. The van der Waals surface area contributed by atoms with Crippen LogP contribution in [0.1, 0.15) is 1.43 Å². The summed E-state index contributed by atoms with van der Waals surface area (Å²) in [7, 11) is 24.7. The van der Waals surface area contributed by atoms with Crippen LogP contribution in [0.3, 0.4) is 0 Å². The first-order chi connectivity index (χ1) is 10.2. The van der Waals surface area contributed by atoms with Crippen LogP contribution in [0.15, 0.2) is 0 Å². The maximum atomic E-state index is 4.97. The van der Waals surface area contributed by atoms with Crippen molar-refractivity contribution >= 4 is 221 Å². The molecule has 28 heteroatoms. The fourth-order valence-electron chi connectivity index (χ4n) is 0. The smallest absolute Gasteiger partial charge is 1.00 e. The second-order valence-electron chi connectivity index (χ2n) is 10.9. The molecular weight excluding hydrogens is 784 g/mol. The number of rotatable bonds is 1. The van der Waals surface area contributed by atoms with Gasteiger partial charge in [-0.25, -0.2) is 0 Å². The molecular formula is C2H52Cl5Li3Si20. The Kier molecular flexibility index (Phi) is 72.3. The van der Waals surface area contributed by atoms with Gasteiger partial charge in [0.25, 0.3) is 0 Å². The van der Waals surface area contributed by atoms with E-state index >= 15 is 0 Å². The summed E-state index contributed by atoms with van der Waals surface area (Å²) in [5, 5.41) is -2.72. The van der Waals surface area contributed by atoms with Crippen molar-refractivity contribution in [1.29, 1.82) is 0 Å². The molecule has 0 aliphatic rings. The van der Waals surface area contributed by atoms with Crippen molar-refractivity contribution in [3.05, 3.63) is 7.43 Å². The van der Waals surface area contributed by atoms with Gasteiger partial charge < -0.3 is 21.3 Å². The Morgan fingerprint density at radius 3 is 0.500 bits per heavy atom. The minimum atomic E-state index is -2.72. The van der Waals surface area contributed by atoms with Crippen LogP contribution in [-0.4, -0.2) is 177 Å². The Morgan fingerprint density at radius 1 is 0.467 bits per heavy atom. The second-order valence-corrected chi connectivity index (χ2v) is 295. The Morgan fingerprint density at radius 2 is 0.500 bits per heavy atom. The molecule has 0 nitrogen and oxygen atoms in total. The van der Waals surface area contributed by atoms with Crippen LogP contribution in [0.2, 0.25) is 6.55 Å². The summed E-state index contributed by atoms with van der Waals surface area (Å²) < 4.78 is 0. The molecule has 0 saturated carbocycles. The Labute approximate surface area is 300 Å². The van der Waals surface area contributed by atoms with Gasteiger partial charge in [0.15, 0.2) is 0 Å². The summed E-state index contributed by atoms with van der Waals surface area (Å²) in [6.07, 6.45) is -0.347. The third-order valence-electron chi connectivity index (χ3n) is 2.25. The zero-order valence-electron chi connectivity index (χ0n) is 25.4. The first-order valence-electron chi connectivity index (χ1n) is 9.01. The van der Waals surface area contributed by atoms with E-state index in [0.717, 1.165) is 0 Å². The zero-order valence-corrected chi connectivity index (χ0v) is 63.2. The van der Waals surface area contributed by atoms with Crippen LogP contribution < -0.4 is 69.0 Å². The van der Waals surface area contributed by atoms with E-state index in [1.54, 1.807) is 137 Å². The molecule has 0 spiro atoms. The van der Waals surface area contributed by atoms with Gasteiger partial charge in [0.05, 0.1) is 0 Å². The number of halogens is 5. The van der Waals surface area contributed by atoms with Crippen molar-refractivity contribution < 1.29 is 70.4 Å². The Bertz CT molecular complexity index is 237. The Balaban J connectivity index is -0.0000000178. The summed E-state index contributed by atoms with van der Waals surface area (Å²) in [5.41, 5.74) is 0. The van der Waals surface area contributed by atoms with E-state index in [1.807, 2.05) is 0 Å². The maximum Gasteiger partial charge on any atom is 1.00 e. The van der Waals surface area contributed by atoms with Crippen LogP contribution >= 0.6 is 44.3 Å². The first kappa shape index (κ1) is 66.1. The minimum absolute atomic E-state index is 0. The fraction of sp³-hybridized carbons (Fsp3) is 0.500. The summed E-state index contributed by atoms with van der Waals surface area (Å²) in [5.74, 6) is 0. The average Bonchev–Trinajstić information content (AvgIpc) is 2.08. The van der Waals surface area contributed by atoms with E-state index in [4.69, 9.17) is 44.3 Å². The van der Waals surface area contributed by atoms with Crippen LogP contribution in [0.25, 0.3) is 0 Å². The van der Waals surface area contributed by atoms with Crippen molar-refractivity contribution in [1.82, 2.24) is 0 Å². The number of hydrogen-bond acceptors (Lipinski definition) is 0. The molecule has 0 heterocycles. The van der Waals surface area contributed by atoms with Crippen molar-refractivity contribution in [2.45, 2.75) is 6.55 Å². The van der Waals surface area contributed by atoms with Crippen LogP contribution in [0, 0.1) is 7.43 Å². The molecule has 0 N–H and O–H groups in total. The monoisotopic (exact) mass is 832 g/mol. The molecule has 0 aromatic heterocycles. The van der Waals surface area contributed by atoms with E-state index in [1.165, 1.54) is 10.2 Å². The zero-order chi connectivity index (χ0) is 22.5. The average molecular weight is 836 g/mol. The van der Waals surface area contributed by atoms with E-state index in [-0.39, 0.29) is 102 Å². The van der Waals surface area contributed by atoms with Crippen molar-refractivity contribution in [3.63, 3.8) is 0 Å². The molecule has 0 fully saturated rings. The molecule has 0 aliphatic heterocycles. The molecule has 0 atom stereocenters. The third kappa shape index (κ3) is 155. The molecule has 0 saturated heterocycles. The predicted octanol–water partition coefficient (Wildman–Crippen LogP) is -27.7. The first-order valence-corrected chi connectivity index (χ1v) is 75.1. The molecule has 0 unspecified atom stereocenters. The van der Waals surface area contributed by atoms with Gasteiger partial charge >= 0.3 is 61.9 Å². The van der Waals surface area contributed by atoms with Crippen molar-refractivity contribution in [2.75, 3.05) is 0 Å². The summed E-state index contributed by atoms with van der Waals surface area (Å²) >= 11 is 19.9. The Hall–Kier alpha value is 7.58. The van der Waals surface area contributed by atoms with Gasteiger partial charge in [0.2, 0.25) is 0 Å². The molecule has 0 aliphatic carbocycles. The van der Waals surface area contributed by atoms with Gasteiger partial charge in [-0.1, -0.05) is 6.55 Å². The maximum absolute atomic E-state index is 4.97. The topological polar surface area (TPSA) is 0 Å². The van der Waals surface area contributed by atoms with Crippen LogP contribution in [-0.2, 0) is 0 Å². The van der Waals surface area contributed by atoms with E-state index < -0.39 is 5.31 Å². The van der Waals surface area contributed by atoms with Gasteiger partial charge in [0, 0.05) is 0 Å². The van der Waals surface area contributed by atoms with Gasteiger partial charge in [-0.15, -0.1) is 44.3 Å². The fourth-order valence-corrected chi connectivity index (χ4v) is 0. The van der Waals surface area contributed by atoms with E-state index in [9.17, 15) is 0 Å². The molecule has 0 aromatic carbocycles. The summed E-state index contributed by atoms with van der Waals surface area (Å²) in [6, 6.07) is 0. The third-order valence-corrected chi connectivity index (χ3v) is 182. The second kappa shape index (κ2) is 32.8. The van der Waals surface area contributed by atoms with Gasteiger partial charge in [-0.3, -0.25) is 0 Å². The van der Waals surface area contributed by atoms with Crippen molar-refractivity contribution in [2.24, 2.45) is 0 Å². The molecule has 0 aromatic rings. The molecule has 0 radical (unpaired) electrons. The predicted molar refractivity (Wildman–Crippen MR) is 215 cm³/mol. The largest absolute Gasteiger partial charge is 1.00 e. The molecule has 30 heavy (non-hydrogen) atoms. The SMILES string of the molecule is C[SiH3].Cl[Si](Cl)(Cl)Cl.[CH3-].[Cl-].[H-].[Li+].[Li+].[Li+].[SiH3][Si]([SiH3])([SiH3])[SiH3].[SiH3][Si]([SiH3])([SiH3])[SiH3].[SiH3][Si]([SiH3])([SiH3])[Si]([SiH3])([SiH3])[SiH3]. The van der Waals surface area contributed by atoms with Gasteiger partial charge in [-0.05, 0) is 171 Å². The number of hydrogen-bond donors (Lipinski definition) is 0. The molecule has 0 amide bonds. The van der Waals surface area contributed by atoms with Crippen molar-refractivity contribution in [3.8, 4) is 0 Å². The molecule has 0 rings (SSSR count). The minimum Gasteiger partial charge on any atom is -1.00 e. The summed E-state index contributed by atoms with van der Waals surface area (Å²) in [6.45, 7) is 2.14.